The molecule has 23 heavy (non-hydrogen) atoms. The van der Waals surface area contributed by atoms with E-state index in [1.54, 1.807) is 16.6 Å². The molecule has 9 nitrogen and oxygen atoms in total. The first kappa shape index (κ1) is 13.1. The van der Waals surface area contributed by atoms with Crippen LogP contribution in [0.4, 0.5) is 5.69 Å². The lowest BCUT2D eigenvalue weighted by molar-refractivity contribution is -0.384. The van der Waals surface area contributed by atoms with Gasteiger partial charge in [-0.05, 0) is 12.1 Å². The molecule has 3 heterocycles. The maximum Gasteiger partial charge on any atom is 0.307 e. The van der Waals surface area contributed by atoms with E-state index in [2.05, 4.69) is 20.4 Å². The minimum absolute atomic E-state index is 0.0982. The normalized spacial score (nSPS) is 11.0. The quantitative estimate of drug-likeness (QED) is 0.423. The number of nitrogens with zero attached hydrogens (tertiary/aromatic N) is 7. The van der Waals surface area contributed by atoms with Gasteiger partial charge in [0.1, 0.15) is 12.4 Å². The van der Waals surface area contributed by atoms with Gasteiger partial charge in [0.2, 0.25) is 0 Å². The zero-order valence-corrected chi connectivity index (χ0v) is 11.6. The summed E-state index contributed by atoms with van der Waals surface area (Å²) in [7, 11) is 0. The Morgan fingerprint density at radius 1 is 1.04 bits per heavy atom. The van der Waals surface area contributed by atoms with Gasteiger partial charge >= 0.3 is 5.69 Å². The van der Waals surface area contributed by atoms with Crippen LogP contribution in [0.15, 0.2) is 54.9 Å². The molecule has 4 aromatic rings. The molecule has 0 saturated heterocycles. The standard InChI is InChI=1S/C14H9N7O2/c22-21(23)11-8-15-19(9-11)13-7-6-12-16-17-14(20(12)18-13)10-4-2-1-3-5-10/h1-9H. The molecule has 3 aromatic heterocycles. The van der Waals surface area contributed by atoms with Crippen LogP contribution in [0.5, 0.6) is 0 Å². The second kappa shape index (κ2) is 4.98. The summed E-state index contributed by atoms with van der Waals surface area (Å²) < 4.78 is 2.92. The molecule has 112 valence electrons. The molecule has 0 unspecified atom stereocenters. The highest BCUT2D eigenvalue weighted by Crippen LogP contribution is 2.18. The summed E-state index contributed by atoms with van der Waals surface area (Å²) >= 11 is 0. The lowest BCUT2D eigenvalue weighted by Gasteiger charge is -2.02. The van der Waals surface area contributed by atoms with Gasteiger partial charge in [-0.15, -0.1) is 15.3 Å². The molecule has 0 aliphatic carbocycles. The monoisotopic (exact) mass is 307 g/mol. The van der Waals surface area contributed by atoms with Crippen molar-refractivity contribution in [1.29, 1.82) is 0 Å². The van der Waals surface area contributed by atoms with E-state index in [0.29, 0.717) is 17.3 Å². The predicted molar refractivity (Wildman–Crippen MR) is 80.0 cm³/mol. The molecular formula is C14H9N7O2. The minimum Gasteiger partial charge on any atom is -0.258 e. The van der Waals surface area contributed by atoms with E-state index in [4.69, 9.17) is 0 Å². The fourth-order valence-corrected chi connectivity index (χ4v) is 2.20. The van der Waals surface area contributed by atoms with E-state index >= 15 is 0 Å². The topological polar surface area (TPSA) is 104 Å². The molecule has 0 bridgehead atoms. The SMILES string of the molecule is O=[N+]([O-])c1cnn(-c2ccc3nnc(-c4ccccc4)n3n2)c1. The van der Waals surface area contributed by atoms with Gasteiger partial charge in [-0.25, -0.2) is 4.68 Å². The Morgan fingerprint density at radius 3 is 2.61 bits per heavy atom. The Kier molecular flexibility index (Phi) is 2.83. The van der Waals surface area contributed by atoms with Crippen LogP contribution in [0, 0.1) is 10.1 Å². The molecule has 0 saturated carbocycles. The molecule has 0 aliphatic heterocycles. The van der Waals surface area contributed by atoms with Crippen molar-refractivity contribution in [3.8, 4) is 17.2 Å². The molecule has 0 atom stereocenters. The Labute approximate surface area is 129 Å². The zero-order chi connectivity index (χ0) is 15.8. The van der Waals surface area contributed by atoms with Crippen LogP contribution in [0.3, 0.4) is 0 Å². The summed E-state index contributed by atoms with van der Waals surface area (Å²) in [6.45, 7) is 0. The third-order valence-corrected chi connectivity index (χ3v) is 3.30. The average Bonchev–Trinajstić information content (AvgIpc) is 3.22. The van der Waals surface area contributed by atoms with Crippen LogP contribution in [-0.2, 0) is 0 Å². The molecule has 1 aromatic carbocycles. The number of hydrogen-bond donors (Lipinski definition) is 0. The number of hydrogen-bond acceptors (Lipinski definition) is 6. The molecule has 0 amide bonds. The van der Waals surface area contributed by atoms with E-state index in [9.17, 15) is 10.1 Å². The predicted octanol–water partition coefficient (Wildman–Crippen LogP) is 1.89. The fraction of sp³-hybridized carbons (Fsp3) is 0. The van der Waals surface area contributed by atoms with Crippen molar-refractivity contribution >= 4 is 11.3 Å². The number of rotatable bonds is 3. The Balaban J connectivity index is 1.85. The van der Waals surface area contributed by atoms with Crippen LogP contribution in [-0.4, -0.2) is 34.5 Å². The molecule has 0 spiro atoms. The largest absolute Gasteiger partial charge is 0.307 e. The van der Waals surface area contributed by atoms with Crippen molar-refractivity contribution in [3.63, 3.8) is 0 Å². The highest BCUT2D eigenvalue weighted by Gasteiger charge is 2.13. The van der Waals surface area contributed by atoms with Gasteiger partial charge in [0.05, 0.1) is 4.92 Å². The van der Waals surface area contributed by atoms with Crippen molar-refractivity contribution in [2.75, 3.05) is 0 Å². The summed E-state index contributed by atoms with van der Waals surface area (Å²) in [6, 6.07) is 12.9. The smallest absolute Gasteiger partial charge is 0.258 e. The Hall–Kier alpha value is -3.62. The Morgan fingerprint density at radius 2 is 1.87 bits per heavy atom. The molecule has 0 radical (unpaired) electrons. The molecule has 0 N–H and O–H groups in total. The Bertz CT molecular complexity index is 1010. The van der Waals surface area contributed by atoms with Crippen molar-refractivity contribution in [2.24, 2.45) is 0 Å². The minimum atomic E-state index is -0.504. The van der Waals surface area contributed by atoms with Crippen molar-refractivity contribution in [1.82, 2.24) is 29.6 Å². The third-order valence-electron chi connectivity index (χ3n) is 3.30. The maximum absolute atomic E-state index is 10.8. The number of fused-ring (bicyclic) bond motifs is 1. The summed E-state index contributed by atoms with van der Waals surface area (Å²) in [5.74, 6) is 1.02. The first-order chi connectivity index (χ1) is 11.2. The van der Waals surface area contributed by atoms with E-state index in [1.165, 1.54) is 17.1 Å². The zero-order valence-electron chi connectivity index (χ0n) is 11.6. The maximum atomic E-state index is 10.8. The summed E-state index contributed by atoms with van der Waals surface area (Å²) in [5.41, 5.74) is 1.35. The molecule has 9 heteroatoms. The van der Waals surface area contributed by atoms with Crippen molar-refractivity contribution in [2.45, 2.75) is 0 Å². The van der Waals surface area contributed by atoms with Crippen molar-refractivity contribution in [3.05, 3.63) is 65.0 Å². The lowest BCUT2D eigenvalue weighted by Crippen LogP contribution is -2.03. The number of benzene rings is 1. The average molecular weight is 307 g/mol. The van der Waals surface area contributed by atoms with E-state index in [1.807, 2.05) is 30.3 Å². The van der Waals surface area contributed by atoms with Crippen molar-refractivity contribution < 1.29 is 4.92 Å². The molecule has 0 aliphatic rings. The second-order valence-corrected chi connectivity index (χ2v) is 4.75. The van der Waals surface area contributed by atoms with Crippen LogP contribution in [0.25, 0.3) is 22.9 Å². The van der Waals surface area contributed by atoms with E-state index < -0.39 is 4.92 Å². The highest BCUT2D eigenvalue weighted by molar-refractivity contribution is 5.58. The van der Waals surface area contributed by atoms with Crippen LogP contribution in [0.1, 0.15) is 0 Å². The third kappa shape index (κ3) is 2.20. The number of aromatic nitrogens is 6. The van der Waals surface area contributed by atoms with Crippen LogP contribution >= 0.6 is 0 Å². The van der Waals surface area contributed by atoms with Crippen LogP contribution < -0.4 is 0 Å². The van der Waals surface area contributed by atoms with Gasteiger partial charge in [-0.1, -0.05) is 30.3 Å². The second-order valence-electron chi connectivity index (χ2n) is 4.75. The lowest BCUT2D eigenvalue weighted by atomic mass is 10.2. The van der Waals surface area contributed by atoms with Gasteiger partial charge in [-0.2, -0.15) is 9.61 Å². The van der Waals surface area contributed by atoms with E-state index in [-0.39, 0.29) is 5.69 Å². The van der Waals surface area contributed by atoms with Gasteiger partial charge < -0.3 is 0 Å². The van der Waals surface area contributed by atoms with E-state index in [0.717, 1.165) is 5.56 Å². The molecular weight excluding hydrogens is 298 g/mol. The highest BCUT2D eigenvalue weighted by atomic mass is 16.6. The molecule has 0 fully saturated rings. The fourth-order valence-electron chi connectivity index (χ4n) is 2.20. The first-order valence-electron chi connectivity index (χ1n) is 6.70. The van der Waals surface area contributed by atoms with Gasteiger partial charge in [-0.3, -0.25) is 10.1 Å². The summed E-state index contributed by atoms with van der Waals surface area (Å²) in [4.78, 5) is 10.3. The first-order valence-corrected chi connectivity index (χ1v) is 6.70. The summed E-state index contributed by atoms with van der Waals surface area (Å²) in [5, 5.41) is 27.4. The molecule has 4 rings (SSSR count). The van der Waals surface area contributed by atoms with Crippen LogP contribution in [0.2, 0.25) is 0 Å². The van der Waals surface area contributed by atoms with Gasteiger partial charge in [0.25, 0.3) is 0 Å². The number of nitro groups is 1. The van der Waals surface area contributed by atoms with Gasteiger partial charge in [0.15, 0.2) is 17.3 Å². The van der Waals surface area contributed by atoms with Gasteiger partial charge in [0, 0.05) is 5.56 Å². The summed E-state index contributed by atoms with van der Waals surface area (Å²) in [6.07, 6.45) is 2.48.